The second-order valence-electron chi connectivity index (χ2n) is 10.8. The first kappa shape index (κ1) is 31.2. The number of nitriles is 1. The summed E-state index contributed by atoms with van der Waals surface area (Å²) >= 11 is 4.83. The van der Waals surface area contributed by atoms with Crippen LogP contribution in [0.1, 0.15) is 40.8 Å². The summed E-state index contributed by atoms with van der Waals surface area (Å²) in [6, 6.07) is 28.9. The summed E-state index contributed by atoms with van der Waals surface area (Å²) in [5.74, 6) is 1.15. The first-order valence-corrected chi connectivity index (χ1v) is 16.6. The van der Waals surface area contributed by atoms with Crippen molar-refractivity contribution in [3.63, 3.8) is 0 Å². The topological polar surface area (TPSA) is 112 Å². The number of carbonyl (C=O) groups is 1. The highest BCUT2D eigenvalue weighted by atomic mass is 79.9. The highest BCUT2D eigenvalue weighted by molar-refractivity contribution is 9.10. The molecule has 0 saturated carbocycles. The molecule has 0 amide bonds. The lowest BCUT2D eigenvalue weighted by molar-refractivity contribution is -0.138. The van der Waals surface area contributed by atoms with Gasteiger partial charge >= 0.3 is 5.97 Å². The average molecular weight is 721 g/mol. The van der Waals surface area contributed by atoms with Gasteiger partial charge in [-0.05, 0) is 70.4 Å². The maximum atomic E-state index is 14.3. The van der Waals surface area contributed by atoms with Crippen molar-refractivity contribution < 1.29 is 23.7 Å². The standard InChI is InChI=1S/C37H26BrN3O6S/c1-2-44-36(43)32-33(23-8-4-3-5-9-23)40-37-41(34(32)24-13-15-29-30(18-24)47-21-46-29)35(42)31(48-37)17-22-12-14-28(27(38)16-22)45-20-26-11-7-6-10-25(26)19-39/h3-18,34H,2,20-21H2,1H3/b31-17+/t34-/m0/s1. The van der Waals surface area contributed by atoms with Gasteiger partial charge in [0.1, 0.15) is 12.4 Å². The molecule has 2 aliphatic heterocycles. The number of benzene rings is 4. The molecule has 0 N–H and O–H groups in total. The molecule has 4 aromatic carbocycles. The number of aromatic nitrogens is 1. The Balaban J connectivity index is 1.33. The van der Waals surface area contributed by atoms with Gasteiger partial charge < -0.3 is 18.9 Å². The number of nitrogens with zero attached hydrogens (tertiary/aromatic N) is 3. The fourth-order valence-electron chi connectivity index (χ4n) is 5.63. The van der Waals surface area contributed by atoms with Crippen molar-refractivity contribution in [1.82, 2.24) is 4.57 Å². The summed E-state index contributed by atoms with van der Waals surface area (Å²) in [7, 11) is 0. The minimum Gasteiger partial charge on any atom is -0.488 e. The van der Waals surface area contributed by atoms with Gasteiger partial charge in [0.25, 0.3) is 5.56 Å². The van der Waals surface area contributed by atoms with Crippen molar-refractivity contribution in [1.29, 1.82) is 5.26 Å². The molecule has 5 aromatic rings. The number of thiazole rings is 1. The van der Waals surface area contributed by atoms with Gasteiger partial charge in [-0.25, -0.2) is 9.79 Å². The first-order chi connectivity index (χ1) is 23.4. The van der Waals surface area contributed by atoms with Crippen LogP contribution in [0.5, 0.6) is 17.2 Å². The Bertz CT molecular complexity index is 2320. The SMILES string of the molecule is CCOC(=O)C1=C(c2ccccc2)N=c2s/c(=C/c3ccc(OCc4ccccc4C#N)c(Br)c3)c(=O)n2[C@H]1c1ccc2c(c1)OCO2. The van der Waals surface area contributed by atoms with E-state index in [1.54, 1.807) is 35.8 Å². The van der Waals surface area contributed by atoms with E-state index in [0.29, 0.717) is 47.9 Å². The van der Waals surface area contributed by atoms with Crippen LogP contribution in [0.25, 0.3) is 11.8 Å². The number of halogens is 1. The first-order valence-electron chi connectivity index (χ1n) is 15.0. The van der Waals surface area contributed by atoms with Crippen molar-refractivity contribution in [3.8, 4) is 23.3 Å². The molecule has 0 aliphatic carbocycles. The predicted molar refractivity (Wildman–Crippen MR) is 183 cm³/mol. The van der Waals surface area contributed by atoms with Gasteiger partial charge in [-0.3, -0.25) is 9.36 Å². The molecule has 0 radical (unpaired) electrons. The molecule has 2 aliphatic rings. The smallest absolute Gasteiger partial charge is 0.338 e. The molecular formula is C37H26BrN3O6S. The molecule has 0 spiro atoms. The molecule has 0 saturated heterocycles. The van der Waals surface area contributed by atoms with E-state index in [-0.39, 0.29) is 31.1 Å². The van der Waals surface area contributed by atoms with E-state index in [1.165, 1.54) is 11.3 Å². The zero-order valence-electron chi connectivity index (χ0n) is 25.5. The lowest BCUT2D eigenvalue weighted by Gasteiger charge is -2.26. The zero-order chi connectivity index (χ0) is 33.2. The van der Waals surface area contributed by atoms with Crippen molar-refractivity contribution in [2.75, 3.05) is 13.4 Å². The van der Waals surface area contributed by atoms with Crippen LogP contribution in [0.3, 0.4) is 0 Å². The highest BCUT2D eigenvalue weighted by Crippen LogP contribution is 2.40. The fourth-order valence-corrected chi connectivity index (χ4v) is 7.14. The van der Waals surface area contributed by atoms with Gasteiger partial charge in [0, 0.05) is 11.1 Å². The van der Waals surface area contributed by atoms with Crippen LogP contribution in [0, 0.1) is 11.3 Å². The Morgan fingerprint density at radius 1 is 1.06 bits per heavy atom. The fraction of sp³-hybridized carbons (Fsp3) is 0.135. The molecule has 0 fully saturated rings. The molecular weight excluding hydrogens is 694 g/mol. The summed E-state index contributed by atoms with van der Waals surface area (Å²) in [4.78, 5) is 33.3. The Labute approximate surface area is 287 Å². The minimum absolute atomic E-state index is 0.0872. The van der Waals surface area contributed by atoms with Crippen LogP contribution in [0.15, 0.2) is 111 Å². The summed E-state index contributed by atoms with van der Waals surface area (Å²) in [6.45, 7) is 2.21. The van der Waals surface area contributed by atoms with Gasteiger partial charge in [0.2, 0.25) is 6.79 Å². The predicted octanol–water partition coefficient (Wildman–Crippen LogP) is 5.88. The largest absolute Gasteiger partial charge is 0.488 e. The van der Waals surface area contributed by atoms with Crippen LogP contribution >= 0.6 is 27.3 Å². The minimum atomic E-state index is -0.842. The van der Waals surface area contributed by atoms with E-state index in [0.717, 1.165) is 16.7 Å². The second kappa shape index (κ2) is 13.4. The normalized spacial score (nSPS) is 15.0. The third kappa shape index (κ3) is 5.92. The molecule has 1 aromatic heterocycles. The lowest BCUT2D eigenvalue weighted by Crippen LogP contribution is -2.40. The van der Waals surface area contributed by atoms with Gasteiger partial charge in [0.05, 0.1) is 44.6 Å². The summed E-state index contributed by atoms with van der Waals surface area (Å²) < 4.78 is 25.4. The number of carbonyl (C=O) groups excluding carboxylic acids is 1. The lowest BCUT2D eigenvalue weighted by atomic mass is 9.93. The van der Waals surface area contributed by atoms with Gasteiger partial charge in [-0.2, -0.15) is 5.26 Å². The molecule has 7 rings (SSSR count). The van der Waals surface area contributed by atoms with Gasteiger partial charge in [-0.1, -0.05) is 72.0 Å². The molecule has 0 bridgehead atoms. The number of rotatable bonds is 8. The quantitative estimate of drug-likeness (QED) is 0.184. The Hall–Kier alpha value is -5.44. The number of ether oxygens (including phenoxy) is 4. The third-order valence-electron chi connectivity index (χ3n) is 7.86. The van der Waals surface area contributed by atoms with Crippen LogP contribution in [0.4, 0.5) is 0 Å². The molecule has 3 heterocycles. The van der Waals surface area contributed by atoms with E-state index in [1.807, 2.05) is 72.8 Å². The van der Waals surface area contributed by atoms with E-state index in [4.69, 9.17) is 23.9 Å². The summed E-state index contributed by atoms with van der Waals surface area (Å²) in [6.07, 6.45) is 1.79. The number of hydrogen-bond acceptors (Lipinski definition) is 9. The van der Waals surface area contributed by atoms with Crippen molar-refractivity contribution >= 4 is 45.0 Å². The highest BCUT2D eigenvalue weighted by Gasteiger charge is 2.36. The Morgan fingerprint density at radius 2 is 1.85 bits per heavy atom. The summed E-state index contributed by atoms with van der Waals surface area (Å²) in [5.41, 5.74) is 3.85. The number of esters is 1. The van der Waals surface area contributed by atoms with Gasteiger partial charge in [0.15, 0.2) is 16.3 Å². The molecule has 9 nitrogen and oxygen atoms in total. The van der Waals surface area contributed by atoms with Crippen LogP contribution in [-0.2, 0) is 16.1 Å². The molecule has 238 valence electrons. The summed E-state index contributed by atoms with van der Waals surface area (Å²) in [5, 5.41) is 9.40. The second-order valence-corrected chi connectivity index (χ2v) is 12.7. The molecule has 11 heteroatoms. The van der Waals surface area contributed by atoms with Crippen LogP contribution in [-0.4, -0.2) is 23.9 Å². The molecule has 48 heavy (non-hydrogen) atoms. The molecule has 1 atom stereocenters. The van der Waals surface area contributed by atoms with Crippen molar-refractivity contribution in [2.24, 2.45) is 4.99 Å². The van der Waals surface area contributed by atoms with E-state index < -0.39 is 12.0 Å². The van der Waals surface area contributed by atoms with Crippen LogP contribution in [0.2, 0.25) is 0 Å². The van der Waals surface area contributed by atoms with E-state index in [2.05, 4.69) is 22.0 Å². The molecule has 0 unspecified atom stereocenters. The van der Waals surface area contributed by atoms with E-state index >= 15 is 0 Å². The maximum Gasteiger partial charge on any atom is 0.338 e. The Kier molecular flexibility index (Phi) is 8.67. The maximum absolute atomic E-state index is 14.3. The number of fused-ring (bicyclic) bond motifs is 2. The van der Waals surface area contributed by atoms with Crippen molar-refractivity contribution in [2.45, 2.75) is 19.6 Å². The zero-order valence-corrected chi connectivity index (χ0v) is 27.9. The van der Waals surface area contributed by atoms with Crippen molar-refractivity contribution in [3.05, 3.63) is 149 Å². The van der Waals surface area contributed by atoms with Gasteiger partial charge in [-0.15, -0.1) is 0 Å². The average Bonchev–Trinajstić information content (AvgIpc) is 3.71. The Morgan fingerprint density at radius 3 is 2.65 bits per heavy atom. The van der Waals surface area contributed by atoms with E-state index in [9.17, 15) is 14.9 Å². The monoisotopic (exact) mass is 719 g/mol. The number of hydrogen-bond donors (Lipinski definition) is 0. The third-order valence-corrected chi connectivity index (χ3v) is 9.46. The van der Waals surface area contributed by atoms with Crippen LogP contribution < -0.4 is 29.1 Å².